The van der Waals surface area contributed by atoms with Crippen molar-refractivity contribution in [3.8, 4) is 0 Å². The maximum Gasteiger partial charge on any atom is 0.410 e. The van der Waals surface area contributed by atoms with Gasteiger partial charge in [-0.1, -0.05) is 42.2 Å². The van der Waals surface area contributed by atoms with E-state index in [9.17, 15) is 9.59 Å². The summed E-state index contributed by atoms with van der Waals surface area (Å²) in [5, 5.41) is 5.94. The molecule has 0 aromatic carbocycles. The molecule has 17 heteroatoms. The van der Waals surface area contributed by atoms with Crippen LogP contribution in [0.1, 0.15) is 60.4 Å². The first kappa shape index (κ1) is 42.6. The third-order valence-corrected chi connectivity index (χ3v) is 8.17. The molecular formula is C35H49Cl3N10O4. The summed E-state index contributed by atoms with van der Waals surface area (Å²) in [6, 6.07) is 3.75. The fraction of sp³-hybridized carbons (Fsp3) is 0.543. The lowest BCUT2D eigenvalue weighted by atomic mass is 10.2. The average molecular weight is 780 g/mol. The molecule has 0 atom stereocenters. The zero-order chi connectivity index (χ0) is 37.5. The molecule has 2 aliphatic rings. The van der Waals surface area contributed by atoms with Crippen molar-refractivity contribution in [2.75, 3.05) is 57.3 Å². The van der Waals surface area contributed by atoms with Crippen LogP contribution in [0.2, 0.25) is 15.5 Å². The number of carbonyl (C=O) groups excluding carboxylic acids is 2. The highest BCUT2D eigenvalue weighted by Crippen LogP contribution is 2.29. The maximum absolute atomic E-state index is 12.2. The van der Waals surface area contributed by atoms with Gasteiger partial charge in [0.1, 0.15) is 45.9 Å². The highest BCUT2D eigenvalue weighted by Gasteiger charge is 2.27. The fourth-order valence-corrected chi connectivity index (χ4v) is 5.86. The van der Waals surface area contributed by atoms with Gasteiger partial charge in [0, 0.05) is 74.5 Å². The summed E-state index contributed by atoms with van der Waals surface area (Å²) in [5.74, 6) is 0.821. The van der Waals surface area contributed by atoms with Crippen LogP contribution in [0, 0.1) is 13.8 Å². The Hall–Kier alpha value is -3.85. The largest absolute Gasteiger partial charge is 0.444 e. The Bertz CT molecular complexity index is 1840. The minimum atomic E-state index is -0.488. The molecule has 1 N–H and O–H groups in total. The third kappa shape index (κ3) is 12.1. The first-order valence-electron chi connectivity index (χ1n) is 16.5. The van der Waals surface area contributed by atoms with E-state index >= 15 is 0 Å². The predicted molar refractivity (Wildman–Crippen MR) is 207 cm³/mol. The molecule has 0 aliphatic carbocycles. The molecule has 14 nitrogen and oxygen atoms in total. The number of anilines is 1. The molecule has 6 rings (SSSR count). The van der Waals surface area contributed by atoms with E-state index in [0.29, 0.717) is 52.7 Å². The van der Waals surface area contributed by atoms with Crippen LogP contribution in [0.15, 0.2) is 24.8 Å². The molecule has 2 aliphatic heterocycles. The van der Waals surface area contributed by atoms with Crippen LogP contribution in [0.4, 0.5) is 15.4 Å². The highest BCUT2D eigenvalue weighted by molar-refractivity contribution is 6.37. The predicted octanol–water partition coefficient (Wildman–Crippen LogP) is 7.15. The normalized spacial score (nSPS) is 14.8. The van der Waals surface area contributed by atoms with Gasteiger partial charge < -0.3 is 29.5 Å². The number of pyridine rings is 2. The average Bonchev–Trinajstić information content (AvgIpc) is 3.05. The molecule has 4 aromatic rings. The second-order valence-electron chi connectivity index (χ2n) is 13.9. The van der Waals surface area contributed by atoms with E-state index in [2.05, 4.69) is 40.1 Å². The zero-order valence-corrected chi connectivity index (χ0v) is 32.5. The summed E-state index contributed by atoms with van der Waals surface area (Å²) < 4.78 is 10.7. The molecule has 0 unspecified atom stereocenters. The summed E-state index contributed by atoms with van der Waals surface area (Å²) in [7, 11) is 0. The minimum Gasteiger partial charge on any atom is -0.444 e. The molecule has 0 radical (unpaired) electrons. The number of nitrogens with one attached hydrogen (secondary N) is 1. The first-order valence-corrected chi connectivity index (χ1v) is 17.7. The van der Waals surface area contributed by atoms with Crippen molar-refractivity contribution >= 4 is 74.6 Å². The molecule has 2 fully saturated rings. The van der Waals surface area contributed by atoms with Gasteiger partial charge in [-0.25, -0.2) is 39.5 Å². The second kappa shape index (κ2) is 18.3. The van der Waals surface area contributed by atoms with E-state index in [1.807, 2.05) is 67.5 Å². The van der Waals surface area contributed by atoms with E-state index in [4.69, 9.17) is 44.3 Å². The first-order chi connectivity index (χ1) is 23.9. The number of hydrogen-bond acceptors (Lipinski definition) is 12. The number of carbonyl (C=O) groups is 2. The van der Waals surface area contributed by atoms with Gasteiger partial charge in [0.15, 0.2) is 10.3 Å². The lowest BCUT2D eigenvalue weighted by Crippen LogP contribution is -2.50. The standard InChI is InChI=1S/C17H22ClN5O2.C9H18N2O2.C8H5Cl2N3.CH4/c1-11-9-12-13(14(18)21-11)19-10-20-15(12)22-5-7-23(8-6-22)16(24)25-17(2,3)4;1-9(2,3)13-8(12)11-6-4-10-5-7-11;1-4-2-5-6(8(10)13-4)11-3-12-7(5)9;/h9-10H,5-8H2,1-4H3;10H,4-7H2,1-3H3;2-3H,1H3;1H4. The van der Waals surface area contributed by atoms with Gasteiger partial charge in [-0.3, -0.25) is 0 Å². The summed E-state index contributed by atoms with van der Waals surface area (Å²) in [6.45, 7) is 20.7. The number of amides is 2. The number of aryl methyl sites for hydroxylation is 2. The molecule has 2 amide bonds. The quantitative estimate of drug-likeness (QED) is 0.154. The topological polar surface area (TPSA) is 152 Å². The Morgan fingerprint density at radius 2 is 1.10 bits per heavy atom. The van der Waals surface area contributed by atoms with Crippen LogP contribution >= 0.6 is 34.8 Å². The molecule has 52 heavy (non-hydrogen) atoms. The monoisotopic (exact) mass is 778 g/mol. The van der Waals surface area contributed by atoms with Crippen LogP contribution in [0.3, 0.4) is 0 Å². The Morgan fingerprint density at radius 1 is 0.654 bits per heavy atom. The van der Waals surface area contributed by atoms with Crippen molar-refractivity contribution in [3.63, 3.8) is 0 Å². The van der Waals surface area contributed by atoms with Crippen LogP contribution in [0.5, 0.6) is 0 Å². The van der Waals surface area contributed by atoms with Gasteiger partial charge in [-0.05, 0) is 67.5 Å². The summed E-state index contributed by atoms with van der Waals surface area (Å²) in [6.07, 6.45) is 2.39. The number of hydrogen-bond donors (Lipinski definition) is 1. The Morgan fingerprint density at radius 3 is 1.60 bits per heavy atom. The van der Waals surface area contributed by atoms with E-state index in [1.54, 1.807) is 9.80 Å². The molecule has 0 saturated carbocycles. The SMILES string of the molecule is C.CC(C)(C)OC(=O)N1CCNCC1.Cc1cc2c(Cl)ncnc2c(Cl)n1.Cc1cc2c(N3CCN(C(=O)OC(C)(C)C)CC3)ncnc2c(Cl)n1. The number of aromatic nitrogens is 6. The number of rotatable bonds is 1. The van der Waals surface area contributed by atoms with E-state index in [-0.39, 0.29) is 25.2 Å². The highest BCUT2D eigenvalue weighted by atomic mass is 35.5. The number of halogens is 3. The van der Waals surface area contributed by atoms with Gasteiger partial charge in [0.05, 0.1) is 0 Å². The van der Waals surface area contributed by atoms with Crippen molar-refractivity contribution in [1.82, 2.24) is 45.0 Å². The smallest absolute Gasteiger partial charge is 0.410 e. The Kier molecular flexibility index (Phi) is 14.9. The molecule has 0 spiro atoms. The summed E-state index contributed by atoms with van der Waals surface area (Å²) >= 11 is 17.9. The number of fused-ring (bicyclic) bond motifs is 2. The van der Waals surface area contributed by atoms with Crippen LogP contribution in [0.25, 0.3) is 21.8 Å². The lowest BCUT2D eigenvalue weighted by molar-refractivity contribution is 0.0223. The number of ether oxygens (including phenoxy) is 2. The zero-order valence-electron chi connectivity index (χ0n) is 30.3. The van der Waals surface area contributed by atoms with Crippen LogP contribution < -0.4 is 10.2 Å². The van der Waals surface area contributed by atoms with E-state index in [0.717, 1.165) is 54.2 Å². The van der Waals surface area contributed by atoms with Gasteiger partial charge in [0.2, 0.25) is 0 Å². The van der Waals surface area contributed by atoms with Crippen LogP contribution in [-0.2, 0) is 9.47 Å². The maximum atomic E-state index is 12.2. The second-order valence-corrected chi connectivity index (χ2v) is 15.0. The van der Waals surface area contributed by atoms with E-state index < -0.39 is 5.60 Å². The minimum absolute atomic E-state index is 0. The van der Waals surface area contributed by atoms with Gasteiger partial charge in [-0.2, -0.15) is 0 Å². The molecule has 6 heterocycles. The Balaban J connectivity index is 0.000000228. The van der Waals surface area contributed by atoms with Crippen molar-refractivity contribution in [2.24, 2.45) is 0 Å². The molecule has 0 bridgehead atoms. The Labute approximate surface area is 320 Å². The van der Waals surface area contributed by atoms with Crippen molar-refractivity contribution in [3.05, 3.63) is 51.6 Å². The van der Waals surface area contributed by atoms with Crippen molar-refractivity contribution in [1.29, 1.82) is 0 Å². The van der Waals surface area contributed by atoms with Gasteiger partial charge in [0.25, 0.3) is 0 Å². The van der Waals surface area contributed by atoms with E-state index in [1.165, 1.54) is 12.7 Å². The molecule has 4 aromatic heterocycles. The molecular weight excluding hydrogens is 731 g/mol. The summed E-state index contributed by atoms with van der Waals surface area (Å²) in [4.78, 5) is 54.1. The lowest BCUT2D eigenvalue weighted by Gasteiger charge is -2.36. The van der Waals surface area contributed by atoms with Crippen molar-refractivity contribution in [2.45, 2.75) is 74.0 Å². The molecule has 2 saturated heterocycles. The summed E-state index contributed by atoms with van der Waals surface area (Å²) in [5.41, 5.74) is 1.98. The van der Waals surface area contributed by atoms with Crippen molar-refractivity contribution < 1.29 is 19.1 Å². The molecule has 284 valence electrons. The van der Waals surface area contributed by atoms with Crippen LogP contribution in [-0.4, -0.2) is 115 Å². The number of piperazine rings is 2. The van der Waals surface area contributed by atoms with Gasteiger partial charge >= 0.3 is 12.2 Å². The van der Waals surface area contributed by atoms with Gasteiger partial charge in [-0.15, -0.1) is 0 Å². The third-order valence-electron chi connectivity index (χ3n) is 7.34. The fourth-order valence-electron chi connectivity index (χ4n) is 5.10. The number of nitrogens with zero attached hydrogens (tertiary/aromatic N) is 9.